The van der Waals surface area contributed by atoms with Crippen molar-refractivity contribution in [2.75, 3.05) is 13.7 Å². The minimum Gasteiger partial charge on any atom is -0.497 e. The van der Waals surface area contributed by atoms with Crippen molar-refractivity contribution in [3.63, 3.8) is 0 Å². The number of benzene rings is 1. The molecule has 0 aliphatic carbocycles. The fourth-order valence-electron chi connectivity index (χ4n) is 1.38. The highest BCUT2D eigenvalue weighted by atomic mass is 16.5. The fourth-order valence-corrected chi connectivity index (χ4v) is 1.38. The zero-order valence-electron chi connectivity index (χ0n) is 8.03. The second-order valence-corrected chi connectivity index (χ2v) is 3.15. The number of allylic oxidation sites excluding steroid dienone is 1. The Balaban J connectivity index is 2.26. The molecule has 1 heterocycles. The van der Waals surface area contributed by atoms with Crippen molar-refractivity contribution >= 4 is 5.71 Å². The molecule has 0 bridgehead atoms. The molecule has 72 valence electrons. The van der Waals surface area contributed by atoms with Crippen LogP contribution in [0.3, 0.4) is 0 Å². The zero-order valence-corrected chi connectivity index (χ0v) is 8.03. The topological polar surface area (TPSA) is 47.6 Å². The summed E-state index contributed by atoms with van der Waals surface area (Å²) in [7, 11) is 1.65. The summed E-state index contributed by atoms with van der Waals surface area (Å²) in [6, 6.07) is 7.79. The summed E-state index contributed by atoms with van der Waals surface area (Å²) in [4.78, 5) is 4.30. The largest absolute Gasteiger partial charge is 0.497 e. The molecule has 0 fully saturated rings. The lowest BCUT2D eigenvalue weighted by Gasteiger charge is -2.01. The second-order valence-electron chi connectivity index (χ2n) is 3.15. The summed E-state index contributed by atoms with van der Waals surface area (Å²) in [5.41, 5.74) is 8.48. The van der Waals surface area contributed by atoms with Gasteiger partial charge < -0.3 is 10.5 Å². The van der Waals surface area contributed by atoms with Crippen LogP contribution in [-0.4, -0.2) is 19.4 Å². The molecule has 0 spiro atoms. The van der Waals surface area contributed by atoms with Crippen molar-refractivity contribution in [3.05, 3.63) is 41.6 Å². The molecule has 1 aliphatic rings. The number of rotatable bonds is 2. The van der Waals surface area contributed by atoms with E-state index in [1.807, 2.05) is 30.3 Å². The van der Waals surface area contributed by atoms with Crippen LogP contribution in [0.2, 0.25) is 0 Å². The average molecular weight is 188 g/mol. The number of aliphatic imine (C=N–C) groups is 1. The smallest absolute Gasteiger partial charge is 0.118 e. The third kappa shape index (κ3) is 1.62. The van der Waals surface area contributed by atoms with Crippen LogP contribution in [0, 0.1) is 0 Å². The van der Waals surface area contributed by atoms with Crippen molar-refractivity contribution in [1.29, 1.82) is 0 Å². The van der Waals surface area contributed by atoms with Crippen molar-refractivity contribution in [1.82, 2.24) is 0 Å². The summed E-state index contributed by atoms with van der Waals surface area (Å²) in [6.45, 7) is 0.612. The number of nitrogens with two attached hydrogens (primary N) is 1. The SMILES string of the molecule is COc1ccc(C2=NCC(N)=C2)cc1. The lowest BCUT2D eigenvalue weighted by Crippen LogP contribution is -1.97. The lowest BCUT2D eigenvalue weighted by molar-refractivity contribution is 0.415. The molecule has 0 atom stereocenters. The van der Waals surface area contributed by atoms with Crippen LogP contribution in [0.25, 0.3) is 0 Å². The van der Waals surface area contributed by atoms with Gasteiger partial charge in [-0.15, -0.1) is 0 Å². The van der Waals surface area contributed by atoms with Crippen molar-refractivity contribution in [2.24, 2.45) is 10.7 Å². The van der Waals surface area contributed by atoms with Gasteiger partial charge in [0.15, 0.2) is 0 Å². The van der Waals surface area contributed by atoms with Gasteiger partial charge in [0.05, 0.1) is 19.4 Å². The van der Waals surface area contributed by atoms with Crippen LogP contribution < -0.4 is 10.5 Å². The van der Waals surface area contributed by atoms with Gasteiger partial charge in [-0.25, -0.2) is 0 Å². The molecule has 3 heteroatoms. The summed E-state index contributed by atoms with van der Waals surface area (Å²) in [5.74, 6) is 0.851. The van der Waals surface area contributed by atoms with E-state index in [1.54, 1.807) is 7.11 Å². The van der Waals surface area contributed by atoms with Gasteiger partial charge in [-0.1, -0.05) is 0 Å². The Kier molecular flexibility index (Phi) is 2.23. The minimum absolute atomic E-state index is 0.612. The number of methoxy groups -OCH3 is 1. The maximum absolute atomic E-state index is 5.64. The molecule has 2 rings (SSSR count). The average Bonchev–Trinajstić information content (AvgIpc) is 2.65. The predicted molar refractivity (Wildman–Crippen MR) is 56.7 cm³/mol. The van der Waals surface area contributed by atoms with Crippen LogP contribution in [0.4, 0.5) is 0 Å². The molecule has 0 radical (unpaired) electrons. The van der Waals surface area contributed by atoms with Gasteiger partial charge in [0.25, 0.3) is 0 Å². The quantitative estimate of drug-likeness (QED) is 0.761. The Bertz CT molecular complexity index is 390. The number of hydrogen-bond acceptors (Lipinski definition) is 3. The molecular weight excluding hydrogens is 176 g/mol. The molecular formula is C11H12N2O. The van der Waals surface area contributed by atoms with Crippen LogP contribution in [0.5, 0.6) is 5.75 Å². The Morgan fingerprint density at radius 2 is 2.00 bits per heavy atom. The second kappa shape index (κ2) is 3.54. The van der Waals surface area contributed by atoms with Gasteiger partial charge >= 0.3 is 0 Å². The maximum Gasteiger partial charge on any atom is 0.118 e. The minimum atomic E-state index is 0.612. The fraction of sp³-hybridized carbons (Fsp3) is 0.182. The lowest BCUT2D eigenvalue weighted by atomic mass is 10.1. The van der Waals surface area contributed by atoms with E-state index in [0.29, 0.717) is 6.54 Å². The molecule has 0 saturated heterocycles. The molecule has 1 aromatic carbocycles. The van der Waals surface area contributed by atoms with Gasteiger partial charge in [0, 0.05) is 5.70 Å². The predicted octanol–water partition coefficient (Wildman–Crippen LogP) is 1.34. The molecule has 0 amide bonds. The first-order valence-corrected chi connectivity index (χ1v) is 4.44. The molecule has 2 N–H and O–H groups in total. The Hall–Kier alpha value is -1.77. The normalized spacial score (nSPS) is 14.9. The first kappa shape index (κ1) is 8.81. The first-order valence-electron chi connectivity index (χ1n) is 4.44. The molecule has 0 unspecified atom stereocenters. The van der Waals surface area contributed by atoms with Crippen LogP contribution >= 0.6 is 0 Å². The monoisotopic (exact) mass is 188 g/mol. The highest BCUT2D eigenvalue weighted by Crippen LogP contribution is 2.14. The van der Waals surface area contributed by atoms with E-state index in [-0.39, 0.29) is 0 Å². The van der Waals surface area contributed by atoms with Crippen LogP contribution in [-0.2, 0) is 0 Å². The van der Waals surface area contributed by atoms with E-state index in [1.165, 1.54) is 0 Å². The van der Waals surface area contributed by atoms with Crippen LogP contribution in [0.15, 0.2) is 41.0 Å². The highest BCUT2D eigenvalue weighted by Gasteiger charge is 2.07. The zero-order chi connectivity index (χ0) is 9.97. The van der Waals surface area contributed by atoms with Crippen molar-refractivity contribution in [2.45, 2.75) is 0 Å². The first-order chi connectivity index (χ1) is 6.79. The van der Waals surface area contributed by atoms with Crippen molar-refractivity contribution < 1.29 is 4.74 Å². The number of hydrogen-bond donors (Lipinski definition) is 1. The number of ether oxygens (including phenoxy) is 1. The number of nitrogens with zero attached hydrogens (tertiary/aromatic N) is 1. The standard InChI is InChI=1S/C11H12N2O/c1-14-10-4-2-8(3-5-10)11-6-9(12)7-13-11/h2-6H,7,12H2,1H3. The summed E-state index contributed by atoms with van der Waals surface area (Å²) in [6.07, 6.45) is 1.90. The highest BCUT2D eigenvalue weighted by molar-refractivity contribution is 6.10. The van der Waals surface area contributed by atoms with E-state index in [9.17, 15) is 0 Å². The van der Waals surface area contributed by atoms with Gasteiger partial charge in [-0.05, 0) is 35.9 Å². The Labute approximate surface area is 82.9 Å². The van der Waals surface area contributed by atoms with Crippen molar-refractivity contribution in [3.8, 4) is 5.75 Å². The molecule has 0 saturated carbocycles. The Morgan fingerprint density at radius 3 is 2.50 bits per heavy atom. The molecule has 0 aromatic heterocycles. The van der Waals surface area contributed by atoms with E-state index in [2.05, 4.69) is 4.99 Å². The summed E-state index contributed by atoms with van der Waals surface area (Å²) >= 11 is 0. The van der Waals surface area contributed by atoms with Gasteiger partial charge in [-0.3, -0.25) is 4.99 Å². The third-order valence-electron chi connectivity index (χ3n) is 2.14. The molecule has 3 nitrogen and oxygen atoms in total. The van der Waals surface area contributed by atoms with Gasteiger partial charge in [-0.2, -0.15) is 0 Å². The molecule has 1 aromatic rings. The van der Waals surface area contributed by atoms with Gasteiger partial charge in [0.1, 0.15) is 5.75 Å². The molecule has 14 heavy (non-hydrogen) atoms. The van der Waals surface area contributed by atoms with Gasteiger partial charge in [0.2, 0.25) is 0 Å². The van der Waals surface area contributed by atoms with E-state index in [4.69, 9.17) is 10.5 Å². The summed E-state index contributed by atoms with van der Waals surface area (Å²) in [5, 5.41) is 0. The third-order valence-corrected chi connectivity index (χ3v) is 2.14. The molecule has 1 aliphatic heterocycles. The summed E-state index contributed by atoms with van der Waals surface area (Å²) < 4.78 is 5.07. The van der Waals surface area contributed by atoms with E-state index in [0.717, 1.165) is 22.7 Å². The van der Waals surface area contributed by atoms with E-state index < -0.39 is 0 Å². The van der Waals surface area contributed by atoms with Crippen LogP contribution in [0.1, 0.15) is 5.56 Å². The van der Waals surface area contributed by atoms with E-state index >= 15 is 0 Å². The maximum atomic E-state index is 5.64. The Morgan fingerprint density at radius 1 is 1.29 bits per heavy atom.